The summed E-state index contributed by atoms with van der Waals surface area (Å²) in [5.74, 6) is 0.777. The van der Waals surface area contributed by atoms with Crippen molar-refractivity contribution in [2.45, 2.75) is 13.0 Å². The van der Waals surface area contributed by atoms with Crippen molar-refractivity contribution >= 4 is 5.69 Å². The minimum absolute atomic E-state index is 0.220. The maximum atomic E-state index is 5.75. The molecule has 84 valence electrons. The van der Waals surface area contributed by atoms with Gasteiger partial charge in [0.2, 0.25) is 5.82 Å². The van der Waals surface area contributed by atoms with Crippen LogP contribution in [0.5, 0.6) is 0 Å². The third-order valence-corrected chi connectivity index (χ3v) is 2.20. The number of nitrogens with zero attached hydrogens (tertiary/aromatic N) is 3. The van der Waals surface area contributed by atoms with E-state index in [0.29, 0.717) is 23.1 Å². The fourth-order valence-electron chi connectivity index (χ4n) is 1.20. The van der Waals surface area contributed by atoms with Gasteiger partial charge in [0.25, 0.3) is 5.89 Å². The molecular formula is C10H12N4O2. The molecule has 2 heterocycles. The number of nitrogens with two attached hydrogens (primary N) is 1. The second-order valence-corrected chi connectivity index (χ2v) is 3.28. The number of methoxy groups -OCH3 is 1. The topological polar surface area (TPSA) is 87.1 Å². The molecule has 2 aromatic rings. The zero-order valence-corrected chi connectivity index (χ0v) is 9.04. The molecule has 2 rings (SSSR count). The Kier molecular flexibility index (Phi) is 2.82. The van der Waals surface area contributed by atoms with Crippen LogP contribution in [-0.2, 0) is 4.74 Å². The summed E-state index contributed by atoms with van der Waals surface area (Å²) in [6.07, 6.45) is 1.40. The molecule has 16 heavy (non-hydrogen) atoms. The Bertz CT molecular complexity index is 483. The lowest BCUT2D eigenvalue weighted by atomic mass is 10.3. The number of aromatic nitrogens is 3. The van der Waals surface area contributed by atoms with E-state index in [2.05, 4.69) is 15.1 Å². The Morgan fingerprint density at radius 1 is 1.50 bits per heavy atom. The van der Waals surface area contributed by atoms with E-state index in [1.807, 2.05) is 6.92 Å². The fraction of sp³-hybridized carbons (Fsp3) is 0.300. The van der Waals surface area contributed by atoms with Crippen molar-refractivity contribution in [2.24, 2.45) is 0 Å². The summed E-state index contributed by atoms with van der Waals surface area (Å²) in [6.45, 7) is 1.83. The highest BCUT2D eigenvalue weighted by atomic mass is 16.5. The highest BCUT2D eigenvalue weighted by Crippen LogP contribution is 2.22. The Hall–Kier alpha value is -1.95. The Labute approximate surface area is 92.4 Å². The first-order valence-electron chi connectivity index (χ1n) is 4.79. The smallest absolute Gasteiger partial charge is 0.278 e. The van der Waals surface area contributed by atoms with Gasteiger partial charge in [-0.2, -0.15) is 4.98 Å². The predicted octanol–water partition coefficient (Wildman–Crippen LogP) is 1.42. The fourth-order valence-corrected chi connectivity index (χ4v) is 1.20. The molecule has 0 saturated carbocycles. The molecule has 0 amide bonds. The molecule has 0 aliphatic rings. The molecule has 0 aliphatic heterocycles. The lowest BCUT2D eigenvalue weighted by Gasteiger charge is -2.01. The minimum Gasteiger partial charge on any atom is -0.397 e. The first-order valence-corrected chi connectivity index (χ1v) is 4.79. The van der Waals surface area contributed by atoms with Crippen molar-refractivity contribution < 1.29 is 9.26 Å². The Morgan fingerprint density at radius 3 is 3.00 bits per heavy atom. The van der Waals surface area contributed by atoms with Crippen LogP contribution in [0.1, 0.15) is 18.9 Å². The molecule has 1 atom stereocenters. The summed E-state index contributed by atoms with van der Waals surface area (Å²) in [5.41, 5.74) is 6.74. The second kappa shape index (κ2) is 4.28. The van der Waals surface area contributed by atoms with Crippen LogP contribution in [0.4, 0.5) is 5.69 Å². The van der Waals surface area contributed by atoms with Gasteiger partial charge >= 0.3 is 0 Å². The van der Waals surface area contributed by atoms with Gasteiger partial charge in [0, 0.05) is 13.3 Å². The van der Waals surface area contributed by atoms with Gasteiger partial charge in [0.15, 0.2) is 5.69 Å². The maximum absolute atomic E-state index is 5.75. The molecule has 1 unspecified atom stereocenters. The third kappa shape index (κ3) is 1.87. The van der Waals surface area contributed by atoms with Gasteiger partial charge in [-0.05, 0) is 19.1 Å². The lowest BCUT2D eigenvalue weighted by molar-refractivity contribution is 0.109. The zero-order chi connectivity index (χ0) is 11.5. The molecule has 6 heteroatoms. The van der Waals surface area contributed by atoms with Crippen LogP contribution in [0.25, 0.3) is 11.6 Å². The molecule has 0 radical (unpaired) electrons. The summed E-state index contributed by atoms with van der Waals surface area (Å²) >= 11 is 0. The number of anilines is 1. The summed E-state index contributed by atoms with van der Waals surface area (Å²) < 4.78 is 10.1. The van der Waals surface area contributed by atoms with Crippen LogP contribution in [0.3, 0.4) is 0 Å². The van der Waals surface area contributed by atoms with Crippen LogP contribution in [-0.4, -0.2) is 22.2 Å². The van der Waals surface area contributed by atoms with E-state index in [1.54, 1.807) is 25.4 Å². The minimum atomic E-state index is -0.220. The second-order valence-electron chi connectivity index (χ2n) is 3.28. The first kappa shape index (κ1) is 10.6. The Morgan fingerprint density at radius 2 is 2.31 bits per heavy atom. The molecule has 2 N–H and O–H groups in total. The monoisotopic (exact) mass is 220 g/mol. The van der Waals surface area contributed by atoms with E-state index >= 15 is 0 Å². The number of pyridine rings is 1. The van der Waals surface area contributed by atoms with Crippen molar-refractivity contribution in [3.05, 3.63) is 24.2 Å². The molecule has 0 aromatic carbocycles. The van der Waals surface area contributed by atoms with Crippen molar-refractivity contribution in [1.82, 2.24) is 15.1 Å². The van der Waals surface area contributed by atoms with Crippen molar-refractivity contribution in [2.75, 3.05) is 12.8 Å². The first-order chi connectivity index (χ1) is 7.72. The molecule has 6 nitrogen and oxygen atoms in total. The zero-order valence-electron chi connectivity index (χ0n) is 9.04. The van der Waals surface area contributed by atoms with Crippen molar-refractivity contribution in [1.29, 1.82) is 0 Å². The third-order valence-electron chi connectivity index (χ3n) is 2.20. The van der Waals surface area contributed by atoms with Gasteiger partial charge < -0.3 is 15.0 Å². The van der Waals surface area contributed by atoms with Crippen LogP contribution in [0.2, 0.25) is 0 Å². The maximum Gasteiger partial charge on any atom is 0.278 e. The van der Waals surface area contributed by atoms with Gasteiger partial charge in [-0.1, -0.05) is 5.16 Å². The van der Waals surface area contributed by atoms with E-state index in [-0.39, 0.29) is 6.10 Å². The van der Waals surface area contributed by atoms with Gasteiger partial charge in [-0.15, -0.1) is 0 Å². The average molecular weight is 220 g/mol. The van der Waals surface area contributed by atoms with Gasteiger partial charge in [-0.25, -0.2) is 4.98 Å². The molecular weight excluding hydrogens is 208 g/mol. The van der Waals surface area contributed by atoms with Crippen LogP contribution in [0, 0.1) is 0 Å². The standard InChI is InChI=1S/C10H12N4O2/c1-6(15-2)9-13-10(16-14-9)8-7(11)4-3-5-12-8/h3-6H,11H2,1-2H3. The van der Waals surface area contributed by atoms with Crippen LogP contribution >= 0.6 is 0 Å². The number of nitrogen functional groups attached to an aromatic ring is 1. The Balaban J connectivity index is 2.35. The molecule has 0 bridgehead atoms. The van der Waals surface area contributed by atoms with E-state index in [1.165, 1.54) is 0 Å². The predicted molar refractivity (Wildman–Crippen MR) is 57.4 cm³/mol. The summed E-state index contributed by atoms with van der Waals surface area (Å²) in [7, 11) is 1.58. The highest BCUT2D eigenvalue weighted by molar-refractivity contribution is 5.65. The van der Waals surface area contributed by atoms with Gasteiger partial charge in [-0.3, -0.25) is 0 Å². The van der Waals surface area contributed by atoms with E-state index in [4.69, 9.17) is 15.0 Å². The molecule has 0 spiro atoms. The van der Waals surface area contributed by atoms with E-state index in [9.17, 15) is 0 Å². The van der Waals surface area contributed by atoms with Gasteiger partial charge in [0.05, 0.1) is 5.69 Å². The summed E-state index contributed by atoms with van der Waals surface area (Å²) in [6, 6.07) is 3.47. The number of hydrogen-bond acceptors (Lipinski definition) is 6. The van der Waals surface area contributed by atoms with Crippen LogP contribution in [0.15, 0.2) is 22.9 Å². The largest absolute Gasteiger partial charge is 0.397 e. The molecule has 0 aliphatic carbocycles. The van der Waals surface area contributed by atoms with Gasteiger partial charge in [0.1, 0.15) is 6.10 Å². The van der Waals surface area contributed by atoms with E-state index in [0.717, 1.165) is 0 Å². The summed E-state index contributed by atoms with van der Waals surface area (Å²) in [5, 5.41) is 3.80. The van der Waals surface area contributed by atoms with E-state index < -0.39 is 0 Å². The number of rotatable bonds is 3. The average Bonchev–Trinajstić information content (AvgIpc) is 2.78. The van der Waals surface area contributed by atoms with Crippen molar-refractivity contribution in [3.63, 3.8) is 0 Å². The lowest BCUT2D eigenvalue weighted by Crippen LogP contribution is -1.98. The molecule has 0 fully saturated rings. The van der Waals surface area contributed by atoms with Crippen molar-refractivity contribution in [3.8, 4) is 11.6 Å². The summed E-state index contributed by atoms with van der Waals surface area (Å²) in [4.78, 5) is 8.25. The number of hydrogen-bond donors (Lipinski definition) is 1. The molecule has 2 aromatic heterocycles. The quantitative estimate of drug-likeness (QED) is 0.841. The number of ether oxygens (including phenoxy) is 1. The molecule has 0 saturated heterocycles. The normalized spacial score (nSPS) is 12.6. The SMILES string of the molecule is COC(C)c1noc(-c2ncccc2N)n1. The highest BCUT2D eigenvalue weighted by Gasteiger charge is 2.16. The van der Waals surface area contributed by atoms with Crippen LogP contribution < -0.4 is 5.73 Å².